The maximum Gasteiger partial charge on any atom is 0.225 e. The van der Waals surface area contributed by atoms with E-state index >= 15 is 0 Å². The minimum Gasteiger partial charge on any atom is -0.344 e. The molecule has 2 rings (SSSR count). The lowest BCUT2D eigenvalue weighted by molar-refractivity contribution is 0.480. The van der Waals surface area contributed by atoms with E-state index in [1.165, 1.54) is 77.3 Å². The average Bonchev–Trinajstić information content (AvgIpc) is 3.02. The molecule has 0 bridgehead atoms. The Morgan fingerprint density at radius 3 is 1.75 bits per heavy atom. The molecule has 32 heavy (non-hydrogen) atoms. The molecule has 0 fully saturated rings. The van der Waals surface area contributed by atoms with Crippen LogP contribution in [0.1, 0.15) is 95.7 Å². The van der Waals surface area contributed by atoms with Crippen molar-refractivity contribution in [2.45, 2.75) is 103 Å². The van der Waals surface area contributed by atoms with Crippen LogP contribution in [-0.4, -0.2) is 37.2 Å². The van der Waals surface area contributed by atoms with Gasteiger partial charge < -0.3 is 9.46 Å². The smallest absolute Gasteiger partial charge is 0.225 e. The maximum atomic E-state index is 11.2. The number of unbranched alkanes of at least 4 members (excludes halogenated alkanes) is 13. The molecule has 1 N–H and O–H groups in total. The van der Waals surface area contributed by atoms with E-state index < -0.39 is 7.37 Å². The molecule has 0 aromatic carbocycles. The number of fused-ring (bicyclic) bond motifs is 1. The fourth-order valence-corrected chi connectivity index (χ4v) is 5.43. The Balaban J connectivity index is 1.43. The summed E-state index contributed by atoms with van der Waals surface area (Å²) in [6, 6.07) is 0. The van der Waals surface area contributed by atoms with Crippen molar-refractivity contribution < 1.29 is 9.46 Å². The van der Waals surface area contributed by atoms with E-state index in [1.807, 2.05) is 6.92 Å². The molecule has 2 aromatic heterocycles. The third kappa shape index (κ3) is 10.5. The van der Waals surface area contributed by atoms with Crippen LogP contribution in [0.25, 0.3) is 11.2 Å². The van der Waals surface area contributed by atoms with Crippen LogP contribution in [0.4, 0.5) is 0 Å². The zero-order chi connectivity index (χ0) is 23.4. The summed E-state index contributed by atoms with van der Waals surface area (Å²) < 4.78 is 13.3. The molecule has 0 radical (unpaired) electrons. The number of imidazole rings is 1. The summed E-state index contributed by atoms with van der Waals surface area (Å²) in [6.07, 6.45) is 17.7. The molecule has 0 aliphatic rings. The van der Waals surface area contributed by atoms with Crippen LogP contribution in [-0.2, 0) is 11.1 Å². The highest BCUT2D eigenvalue weighted by molar-refractivity contribution is 7.57. The minimum atomic E-state index is -2.80. The van der Waals surface area contributed by atoms with Crippen LogP contribution >= 0.6 is 30.6 Å². The third-order valence-corrected chi connectivity index (χ3v) is 7.51. The monoisotopic (exact) mass is 504 g/mol. The minimum absolute atomic E-state index is 0.136. The predicted octanol–water partition coefficient (Wildman–Crippen LogP) is 7.80. The zero-order valence-corrected chi connectivity index (χ0v) is 22.1. The van der Waals surface area contributed by atoms with Gasteiger partial charge in [0, 0.05) is 19.4 Å². The van der Waals surface area contributed by atoms with Crippen molar-refractivity contribution in [1.82, 2.24) is 19.5 Å². The molecule has 0 aliphatic heterocycles. The van der Waals surface area contributed by atoms with Gasteiger partial charge in [0.2, 0.25) is 5.28 Å². The molecule has 182 valence electrons. The van der Waals surface area contributed by atoms with Gasteiger partial charge in [-0.05, 0) is 31.4 Å². The first-order valence-corrected chi connectivity index (χ1v) is 15.2. The lowest BCUT2D eigenvalue weighted by Gasteiger charge is -2.07. The molecule has 0 saturated heterocycles. The van der Waals surface area contributed by atoms with Crippen LogP contribution in [0.2, 0.25) is 10.4 Å². The van der Waals surface area contributed by atoms with Crippen molar-refractivity contribution in [3.8, 4) is 0 Å². The molecule has 0 spiro atoms. The fraction of sp³-hybridized carbons (Fsp3) is 0.783. The van der Waals surface area contributed by atoms with E-state index in [0.29, 0.717) is 17.0 Å². The summed E-state index contributed by atoms with van der Waals surface area (Å²) in [5.74, 6) is 0.899. The Bertz CT molecular complexity index is 869. The van der Waals surface area contributed by atoms with Gasteiger partial charge in [0.05, 0.1) is 0 Å². The van der Waals surface area contributed by atoms with Gasteiger partial charge in [0.25, 0.3) is 0 Å². The molecule has 0 saturated carbocycles. The van der Waals surface area contributed by atoms with Gasteiger partial charge in [-0.15, -0.1) is 0 Å². The van der Waals surface area contributed by atoms with Crippen molar-refractivity contribution >= 4 is 41.7 Å². The fourth-order valence-electron chi connectivity index (χ4n) is 4.15. The Morgan fingerprint density at radius 1 is 0.781 bits per heavy atom. The van der Waals surface area contributed by atoms with E-state index in [2.05, 4.69) is 19.5 Å². The summed E-state index contributed by atoms with van der Waals surface area (Å²) in [4.78, 5) is 21.9. The number of aromatic nitrogens is 4. The predicted molar refractivity (Wildman–Crippen MR) is 135 cm³/mol. The molecule has 1 unspecified atom stereocenters. The summed E-state index contributed by atoms with van der Waals surface area (Å²) in [7, 11) is -2.80. The quantitative estimate of drug-likeness (QED) is 0.103. The zero-order valence-electron chi connectivity index (χ0n) is 19.7. The third-order valence-electron chi connectivity index (χ3n) is 5.93. The first-order chi connectivity index (χ1) is 15.3. The second kappa shape index (κ2) is 14.6. The Hall–Kier alpha value is -0.680. The summed E-state index contributed by atoms with van der Waals surface area (Å²) >= 11 is 12.1. The maximum absolute atomic E-state index is 11.2. The van der Waals surface area contributed by atoms with Crippen LogP contribution in [0.3, 0.4) is 0 Å². The van der Waals surface area contributed by atoms with Gasteiger partial charge in [-0.1, -0.05) is 88.7 Å². The number of aryl methyl sites for hydroxylation is 2. The Morgan fingerprint density at radius 2 is 1.25 bits per heavy atom. The van der Waals surface area contributed by atoms with E-state index in [4.69, 9.17) is 23.2 Å². The highest BCUT2D eigenvalue weighted by atomic mass is 35.5. The molecule has 6 nitrogen and oxygen atoms in total. The molecule has 0 aliphatic carbocycles. The first kappa shape index (κ1) is 27.6. The molecule has 2 aromatic rings. The summed E-state index contributed by atoms with van der Waals surface area (Å²) in [5, 5.41) is 0.506. The SMILES string of the molecule is Cc1nc2nc(Cl)nc(Cl)c2n1CCCCCCCCCCCCCCCCP(C)(=O)O. The highest BCUT2D eigenvalue weighted by Gasteiger charge is 2.14. The molecular formula is C23H39Cl2N4O2P. The summed E-state index contributed by atoms with van der Waals surface area (Å²) in [6.45, 7) is 4.30. The van der Waals surface area contributed by atoms with Gasteiger partial charge in [-0.2, -0.15) is 4.98 Å². The molecule has 9 heteroatoms. The number of rotatable bonds is 17. The standard InChI is InChI=1S/C23H39Cl2N4O2P/c1-19-26-22-20(21(24)27-23(25)28-22)29(19)17-15-13-11-9-7-5-3-4-6-8-10-12-14-16-18-32(2,30)31/h3-18H2,1-2H3,(H,30,31). The molecular weight excluding hydrogens is 466 g/mol. The topological polar surface area (TPSA) is 80.9 Å². The van der Waals surface area contributed by atoms with E-state index in [-0.39, 0.29) is 5.28 Å². The van der Waals surface area contributed by atoms with Crippen molar-refractivity contribution in [3.63, 3.8) is 0 Å². The van der Waals surface area contributed by atoms with E-state index in [9.17, 15) is 9.46 Å². The second-order valence-corrected chi connectivity index (χ2v) is 12.2. The largest absolute Gasteiger partial charge is 0.344 e. The van der Waals surface area contributed by atoms with Crippen molar-refractivity contribution in [2.24, 2.45) is 0 Å². The number of hydrogen-bond donors (Lipinski definition) is 1. The molecule has 0 amide bonds. The first-order valence-electron chi connectivity index (χ1n) is 12.1. The summed E-state index contributed by atoms with van der Waals surface area (Å²) in [5.41, 5.74) is 1.35. The van der Waals surface area contributed by atoms with Crippen molar-refractivity contribution in [3.05, 3.63) is 16.3 Å². The van der Waals surface area contributed by atoms with E-state index in [1.54, 1.807) is 0 Å². The lowest BCUT2D eigenvalue weighted by Crippen LogP contribution is -2.01. The second-order valence-electron chi connectivity index (χ2n) is 8.99. The molecule has 2 heterocycles. The highest BCUT2D eigenvalue weighted by Crippen LogP contribution is 2.36. The van der Waals surface area contributed by atoms with Gasteiger partial charge >= 0.3 is 0 Å². The number of halogens is 2. The van der Waals surface area contributed by atoms with Crippen LogP contribution in [0, 0.1) is 6.92 Å². The number of nitrogens with zero attached hydrogens (tertiary/aromatic N) is 4. The van der Waals surface area contributed by atoms with E-state index in [0.717, 1.165) is 37.1 Å². The van der Waals surface area contributed by atoms with Gasteiger partial charge in [-0.3, -0.25) is 4.57 Å². The van der Waals surface area contributed by atoms with Crippen LogP contribution in [0.5, 0.6) is 0 Å². The molecule has 1 atom stereocenters. The Kier molecular flexibility index (Phi) is 12.5. The van der Waals surface area contributed by atoms with Crippen molar-refractivity contribution in [1.29, 1.82) is 0 Å². The van der Waals surface area contributed by atoms with Gasteiger partial charge in [0.1, 0.15) is 11.3 Å². The average molecular weight is 505 g/mol. The van der Waals surface area contributed by atoms with Gasteiger partial charge in [0.15, 0.2) is 18.2 Å². The Labute approximate surface area is 203 Å². The van der Waals surface area contributed by atoms with Crippen LogP contribution < -0.4 is 0 Å². The lowest BCUT2D eigenvalue weighted by atomic mass is 10.0. The van der Waals surface area contributed by atoms with Crippen LogP contribution in [0.15, 0.2) is 0 Å². The normalized spacial score (nSPS) is 13.7. The number of hydrogen-bond acceptors (Lipinski definition) is 4. The van der Waals surface area contributed by atoms with Crippen molar-refractivity contribution in [2.75, 3.05) is 12.8 Å². The van der Waals surface area contributed by atoms with Gasteiger partial charge in [-0.25, -0.2) is 9.97 Å².